The summed E-state index contributed by atoms with van der Waals surface area (Å²) in [5.41, 5.74) is 15.6. The van der Waals surface area contributed by atoms with Crippen LogP contribution in [0.5, 0.6) is 0 Å². The number of hydrogen-bond donors (Lipinski definition) is 0. The van der Waals surface area contributed by atoms with Gasteiger partial charge in [-0.15, -0.1) is 34.9 Å². The third-order valence-corrected chi connectivity index (χ3v) is 10.8. The van der Waals surface area contributed by atoms with Gasteiger partial charge in [-0.1, -0.05) is 156 Å². The van der Waals surface area contributed by atoms with E-state index in [4.69, 9.17) is 32.8 Å². The molecule has 0 fully saturated rings. The van der Waals surface area contributed by atoms with Crippen molar-refractivity contribution in [3.63, 3.8) is 0 Å². The topological polar surface area (TPSA) is 54.0 Å². The van der Waals surface area contributed by atoms with Gasteiger partial charge >= 0.3 is 19.5 Å². The molecule has 2 aliphatic rings. The first kappa shape index (κ1) is 41.4. The Morgan fingerprint density at radius 2 is 0.719 bits per heavy atom. The Morgan fingerprint density at radius 3 is 1.02 bits per heavy atom. The van der Waals surface area contributed by atoms with Crippen molar-refractivity contribution in [2.45, 2.75) is 105 Å². The van der Waals surface area contributed by atoms with Crippen molar-refractivity contribution in [2.75, 3.05) is 0 Å². The first-order valence-corrected chi connectivity index (χ1v) is 19.5. The van der Waals surface area contributed by atoms with Crippen molar-refractivity contribution in [1.29, 1.82) is 0 Å². The van der Waals surface area contributed by atoms with Gasteiger partial charge in [-0.3, -0.25) is 0 Å². The number of nitrogens with zero attached hydrogens (tertiary/aromatic N) is 4. The minimum absolute atomic E-state index is 0. The molecule has 5 heterocycles. The molecule has 0 radical (unpaired) electrons. The predicted octanol–water partition coefficient (Wildman–Crippen LogP) is 12.4. The third kappa shape index (κ3) is 8.02. The summed E-state index contributed by atoms with van der Waals surface area (Å²) in [6.07, 6.45) is 20.7. The maximum absolute atomic E-state index is 6.32. The monoisotopic (exact) mass is 796 g/mol. The van der Waals surface area contributed by atoms with Crippen LogP contribution in [0.3, 0.4) is 0 Å². The summed E-state index contributed by atoms with van der Waals surface area (Å²) in [7, 11) is 0. The minimum Gasteiger partial charge on any atom is -0.656 e. The Labute approximate surface area is 352 Å². The fourth-order valence-electron chi connectivity index (χ4n) is 7.25. The quantitative estimate of drug-likeness (QED) is 0.129. The van der Waals surface area contributed by atoms with E-state index in [0.717, 1.165) is 44.7 Å². The zero-order chi connectivity index (χ0) is 40.5. The Balaban J connectivity index is 0.00000549. The molecule has 7 rings (SSSR count). The van der Waals surface area contributed by atoms with Crippen LogP contribution in [0, 0.1) is 24.7 Å². The second kappa shape index (κ2) is 14.6. The van der Waals surface area contributed by atoms with E-state index in [2.05, 4.69) is 131 Å². The van der Waals surface area contributed by atoms with Gasteiger partial charge in [0.15, 0.2) is 0 Å². The molecule has 0 aliphatic carbocycles. The molecule has 5 aromatic rings. The summed E-state index contributed by atoms with van der Waals surface area (Å²) in [5, 5.41) is 0. The van der Waals surface area contributed by atoms with Crippen LogP contribution in [-0.4, -0.2) is 9.97 Å². The summed E-state index contributed by atoms with van der Waals surface area (Å²) in [6, 6.07) is 21.8. The van der Waals surface area contributed by atoms with E-state index >= 15 is 0 Å². The van der Waals surface area contributed by atoms with Crippen molar-refractivity contribution in [3.05, 3.63) is 117 Å². The number of hydrogen-bond acceptors (Lipinski definition) is 2. The average Bonchev–Trinajstić information content (AvgIpc) is 3.94. The standard InChI is InChI=1S/C52H52N4.Zn/c1-15-37-39-17-21-43(53-39)47(31-25-33(49(3,4)5)29-34(26-31)50(6,7)8)45-23-19-41(55-45)38(16-2)42-20-24-46(56-42)48(44-22-18-40(37)54-44)32-27-35(51(9,10)11)30-36(28-32)52(12,13)14;/h1-2,17-30H,3-14H3;/q-2;+2. The van der Waals surface area contributed by atoms with Gasteiger partial charge in [0.2, 0.25) is 0 Å². The van der Waals surface area contributed by atoms with Crippen LogP contribution >= 0.6 is 0 Å². The molecule has 0 saturated carbocycles. The maximum atomic E-state index is 6.32. The minimum atomic E-state index is -0.0838. The molecule has 4 nitrogen and oxygen atoms in total. The van der Waals surface area contributed by atoms with Gasteiger partial charge in [0.05, 0.1) is 28.3 Å². The first-order chi connectivity index (χ1) is 26.1. The number of terminal acetylenes is 2. The molecule has 0 saturated heterocycles. The molecule has 0 amide bonds. The SMILES string of the molecule is C#Cc1c2nc(c(-c3cc(C(C)(C)C)cc(C(C)(C)C)c3)c3ccc([n-]3)c(C#C)c3ccc([n-]3)c(-c3cc(C(C)(C)C)cc(C(C)(C)C)c3)c3nc1C=C3)C=C2.[Zn+2]. The largest absolute Gasteiger partial charge is 2.00 e. The molecule has 3 aromatic heterocycles. The Bertz CT molecular complexity index is 2500. The van der Waals surface area contributed by atoms with Gasteiger partial charge in [-0.2, -0.15) is 0 Å². The fourth-order valence-corrected chi connectivity index (χ4v) is 7.25. The van der Waals surface area contributed by atoms with E-state index in [-0.39, 0.29) is 41.1 Å². The summed E-state index contributed by atoms with van der Waals surface area (Å²) in [6.45, 7) is 27.0. The van der Waals surface area contributed by atoms with Crippen molar-refractivity contribution >= 4 is 46.4 Å². The number of fused-ring (bicyclic) bond motifs is 8. The molecule has 0 unspecified atom stereocenters. The van der Waals surface area contributed by atoms with Crippen molar-refractivity contribution < 1.29 is 19.5 Å². The predicted molar refractivity (Wildman–Crippen MR) is 238 cm³/mol. The molecule has 282 valence electrons. The maximum Gasteiger partial charge on any atom is 2.00 e. The van der Waals surface area contributed by atoms with E-state index in [1.165, 1.54) is 22.3 Å². The first-order valence-electron chi connectivity index (χ1n) is 19.5. The van der Waals surface area contributed by atoms with E-state index in [9.17, 15) is 0 Å². The van der Waals surface area contributed by atoms with E-state index in [1.807, 2.05) is 48.6 Å². The smallest absolute Gasteiger partial charge is 0.656 e. The van der Waals surface area contributed by atoms with Crippen molar-refractivity contribution in [1.82, 2.24) is 19.9 Å². The van der Waals surface area contributed by atoms with Gasteiger partial charge in [-0.05, 0) is 96.0 Å². The van der Waals surface area contributed by atoms with E-state index in [0.29, 0.717) is 33.5 Å². The summed E-state index contributed by atoms with van der Waals surface area (Å²) >= 11 is 0. The summed E-state index contributed by atoms with van der Waals surface area (Å²) < 4.78 is 0. The normalized spacial score (nSPS) is 12.9. The van der Waals surface area contributed by atoms with Crippen LogP contribution in [-0.2, 0) is 41.1 Å². The third-order valence-electron chi connectivity index (χ3n) is 10.8. The van der Waals surface area contributed by atoms with Gasteiger partial charge in [0.1, 0.15) is 0 Å². The van der Waals surface area contributed by atoms with Gasteiger partial charge < -0.3 is 9.97 Å². The second-order valence-electron chi connectivity index (χ2n) is 19.2. The summed E-state index contributed by atoms with van der Waals surface area (Å²) in [5.74, 6) is 5.90. The Morgan fingerprint density at radius 1 is 0.421 bits per heavy atom. The molecule has 0 spiro atoms. The van der Waals surface area contributed by atoms with Crippen LogP contribution in [0.2, 0.25) is 0 Å². The number of aromatic nitrogens is 4. The zero-order valence-corrected chi connectivity index (χ0v) is 38.7. The molecule has 2 aromatic carbocycles. The van der Waals surface area contributed by atoms with E-state index < -0.39 is 0 Å². The molecule has 0 N–H and O–H groups in total. The van der Waals surface area contributed by atoms with Gasteiger partial charge in [0.25, 0.3) is 0 Å². The van der Waals surface area contributed by atoms with Crippen LogP contribution < -0.4 is 9.97 Å². The fraction of sp³-hybridized carbons (Fsp3) is 0.308. The van der Waals surface area contributed by atoms with Crippen LogP contribution in [0.4, 0.5) is 0 Å². The molecule has 8 bridgehead atoms. The molecule has 57 heavy (non-hydrogen) atoms. The van der Waals surface area contributed by atoms with Crippen LogP contribution in [0.15, 0.2) is 60.7 Å². The summed E-state index contributed by atoms with van der Waals surface area (Å²) in [4.78, 5) is 21.0. The molecular formula is C52H52N4Zn. The zero-order valence-electron chi connectivity index (χ0n) is 35.7. The van der Waals surface area contributed by atoms with Gasteiger partial charge in [0, 0.05) is 0 Å². The second-order valence-corrected chi connectivity index (χ2v) is 19.2. The van der Waals surface area contributed by atoms with Crippen molar-refractivity contribution in [3.8, 4) is 46.9 Å². The Kier molecular flexibility index (Phi) is 10.6. The average molecular weight is 798 g/mol. The van der Waals surface area contributed by atoms with Crippen molar-refractivity contribution in [2.24, 2.45) is 0 Å². The van der Waals surface area contributed by atoms with Crippen LogP contribution in [0.25, 0.3) is 68.6 Å². The Hall–Kier alpha value is -5.22. The van der Waals surface area contributed by atoms with Gasteiger partial charge in [-0.25, -0.2) is 9.97 Å². The number of benzene rings is 2. The molecule has 5 heteroatoms. The molecule has 0 atom stereocenters. The van der Waals surface area contributed by atoms with E-state index in [1.54, 1.807) is 0 Å². The molecular weight excluding hydrogens is 746 g/mol. The van der Waals surface area contributed by atoms with Crippen LogP contribution in [0.1, 0.15) is 139 Å². The molecule has 2 aliphatic heterocycles. The number of rotatable bonds is 2.